The lowest BCUT2D eigenvalue weighted by atomic mass is 10.3. The van der Waals surface area contributed by atoms with Gasteiger partial charge in [-0.05, 0) is 37.8 Å². The molecule has 0 aliphatic rings. The van der Waals surface area contributed by atoms with E-state index in [4.69, 9.17) is 4.42 Å². The smallest absolute Gasteiger partial charge is 0.270 e. The standard InChI is InChI=1S/C15H19N3O2S/c1-4-21-15-17-10(2)9-13(18-15)14(19)16-8-7-12-6-5-11(3)20-12/h5-6,9H,4,7-8H2,1-3H3,(H,16,19). The molecule has 0 aromatic carbocycles. The van der Waals surface area contributed by atoms with Crippen molar-refractivity contribution in [3.63, 3.8) is 0 Å². The van der Waals surface area contributed by atoms with E-state index < -0.39 is 0 Å². The Hall–Kier alpha value is -1.82. The number of furan rings is 1. The minimum atomic E-state index is -0.179. The summed E-state index contributed by atoms with van der Waals surface area (Å²) in [6.45, 7) is 6.31. The largest absolute Gasteiger partial charge is 0.466 e. The molecule has 0 atom stereocenters. The molecule has 2 aromatic rings. The lowest BCUT2D eigenvalue weighted by molar-refractivity contribution is 0.0947. The van der Waals surface area contributed by atoms with Crippen molar-refractivity contribution in [2.24, 2.45) is 0 Å². The third-order valence-electron chi connectivity index (χ3n) is 2.79. The van der Waals surface area contributed by atoms with Crippen molar-refractivity contribution in [2.45, 2.75) is 32.3 Å². The van der Waals surface area contributed by atoms with Gasteiger partial charge in [-0.3, -0.25) is 4.79 Å². The van der Waals surface area contributed by atoms with E-state index in [0.29, 0.717) is 23.8 Å². The highest BCUT2D eigenvalue weighted by molar-refractivity contribution is 7.99. The van der Waals surface area contributed by atoms with E-state index >= 15 is 0 Å². The van der Waals surface area contributed by atoms with E-state index in [2.05, 4.69) is 15.3 Å². The SMILES string of the molecule is CCSc1nc(C)cc(C(=O)NCCc2ccc(C)o2)n1. The van der Waals surface area contributed by atoms with E-state index in [-0.39, 0.29) is 5.91 Å². The fraction of sp³-hybridized carbons (Fsp3) is 0.400. The lowest BCUT2D eigenvalue weighted by Crippen LogP contribution is -2.26. The van der Waals surface area contributed by atoms with Gasteiger partial charge in [-0.15, -0.1) is 0 Å². The highest BCUT2D eigenvalue weighted by Crippen LogP contribution is 2.13. The number of carbonyl (C=O) groups excluding carboxylic acids is 1. The molecule has 0 unspecified atom stereocenters. The molecule has 2 aromatic heterocycles. The van der Waals surface area contributed by atoms with Crippen LogP contribution in [0.3, 0.4) is 0 Å². The summed E-state index contributed by atoms with van der Waals surface area (Å²) in [5.41, 5.74) is 1.21. The third kappa shape index (κ3) is 4.60. The highest BCUT2D eigenvalue weighted by atomic mass is 32.2. The molecule has 0 spiro atoms. The van der Waals surface area contributed by atoms with Crippen molar-refractivity contribution in [1.29, 1.82) is 0 Å². The molecule has 0 aliphatic heterocycles. The van der Waals surface area contributed by atoms with Gasteiger partial charge in [0.25, 0.3) is 5.91 Å². The van der Waals surface area contributed by atoms with Crippen LogP contribution in [0.1, 0.15) is 34.6 Å². The molecule has 0 aliphatic carbocycles. The van der Waals surface area contributed by atoms with Gasteiger partial charge >= 0.3 is 0 Å². The summed E-state index contributed by atoms with van der Waals surface area (Å²) in [6, 6.07) is 5.54. The van der Waals surface area contributed by atoms with Gasteiger partial charge in [0.2, 0.25) is 0 Å². The molecule has 0 saturated heterocycles. The van der Waals surface area contributed by atoms with Crippen LogP contribution in [0.4, 0.5) is 0 Å². The number of hydrogen-bond donors (Lipinski definition) is 1. The first kappa shape index (κ1) is 15.6. The molecule has 112 valence electrons. The quantitative estimate of drug-likeness (QED) is 0.656. The van der Waals surface area contributed by atoms with Crippen molar-refractivity contribution >= 4 is 17.7 Å². The van der Waals surface area contributed by atoms with E-state index in [9.17, 15) is 4.79 Å². The van der Waals surface area contributed by atoms with Crippen LogP contribution in [0.2, 0.25) is 0 Å². The average molecular weight is 305 g/mol. The molecule has 0 fully saturated rings. The predicted molar refractivity (Wildman–Crippen MR) is 82.6 cm³/mol. The van der Waals surface area contributed by atoms with Crippen LogP contribution in [-0.4, -0.2) is 28.2 Å². The second-order valence-electron chi connectivity index (χ2n) is 4.63. The first-order chi connectivity index (χ1) is 10.1. The number of nitrogens with one attached hydrogen (secondary N) is 1. The fourth-order valence-electron chi connectivity index (χ4n) is 1.86. The van der Waals surface area contributed by atoms with Crippen LogP contribution in [0, 0.1) is 13.8 Å². The molecule has 0 bridgehead atoms. The second-order valence-corrected chi connectivity index (χ2v) is 5.86. The Kier molecular flexibility index (Phi) is 5.38. The number of carbonyl (C=O) groups is 1. The number of amides is 1. The maximum atomic E-state index is 12.1. The summed E-state index contributed by atoms with van der Waals surface area (Å²) in [4.78, 5) is 20.7. The summed E-state index contributed by atoms with van der Waals surface area (Å²) in [5, 5.41) is 3.50. The minimum absolute atomic E-state index is 0.179. The van der Waals surface area contributed by atoms with Gasteiger partial charge in [-0.25, -0.2) is 9.97 Å². The maximum absolute atomic E-state index is 12.1. The Morgan fingerprint density at radius 2 is 2.14 bits per heavy atom. The zero-order chi connectivity index (χ0) is 15.2. The third-order valence-corrected chi connectivity index (χ3v) is 3.52. The van der Waals surface area contributed by atoms with Crippen molar-refractivity contribution in [3.8, 4) is 0 Å². The van der Waals surface area contributed by atoms with Crippen molar-refractivity contribution in [3.05, 3.63) is 41.1 Å². The van der Waals surface area contributed by atoms with Crippen LogP contribution >= 0.6 is 11.8 Å². The molecule has 6 heteroatoms. The van der Waals surface area contributed by atoms with Gasteiger partial charge in [-0.1, -0.05) is 18.7 Å². The van der Waals surface area contributed by atoms with Gasteiger partial charge in [0, 0.05) is 18.7 Å². The summed E-state index contributed by atoms with van der Waals surface area (Å²) in [5.74, 6) is 2.45. The van der Waals surface area contributed by atoms with Crippen LogP contribution in [0.15, 0.2) is 27.8 Å². The van der Waals surface area contributed by atoms with E-state index in [1.165, 1.54) is 11.8 Å². The molecule has 5 nitrogen and oxygen atoms in total. The number of hydrogen-bond acceptors (Lipinski definition) is 5. The van der Waals surface area contributed by atoms with E-state index in [0.717, 1.165) is 23.0 Å². The first-order valence-electron chi connectivity index (χ1n) is 6.90. The Morgan fingerprint density at radius 1 is 1.33 bits per heavy atom. The Labute approximate surface area is 128 Å². The zero-order valence-electron chi connectivity index (χ0n) is 12.5. The Bertz CT molecular complexity index is 625. The van der Waals surface area contributed by atoms with Crippen molar-refractivity contribution in [1.82, 2.24) is 15.3 Å². The van der Waals surface area contributed by atoms with Crippen LogP contribution in [0.5, 0.6) is 0 Å². The van der Waals surface area contributed by atoms with Gasteiger partial charge in [0.1, 0.15) is 17.2 Å². The fourth-order valence-corrected chi connectivity index (χ4v) is 2.49. The summed E-state index contributed by atoms with van der Waals surface area (Å²) in [7, 11) is 0. The first-order valence-corrected chi connectivity index (χ1v) is 7.89. The Morgan fingerprint density at radius 3 is 2.81 bits per heavy atom. The van der Waals surface area contributed by atoms with Gasteiger partial charge in [0.15, 0.2) is 5.16 Å². The molecular weight excluding hydrogens is 286 g/mol. The number of aromatic nitrogens is 2. The predicted octanol–water partition coefficient (Wildman–Crippen LogP) is 2.77. The minimum Gasteiger partial charge on any atom is -0.466 e. The van der Waals surface area contributed by atoms with Crippen LogP contribution in [-0.2, 0) is 6.42 Å². The molecule has 1 amide bonds. The topological polar surface area (TPSA) is 68.0 Å². The number of aryl methyl sites for hydroxylation is 2. The molecule has 1 N–H and O–H groups in total. The second kappa shape index (κ2) is 7.26. The highest BCUT2D eigenvalue weighted by Gasteiger charge is 2.10. The van der Waals surface area contributed by atoms with Gasteiger partial charge in [-0.2, -0.15) is 0 Å². The van der Waals surface area contributed by atoms with Crippen LogP contribution in [0.25, 0.3) is 0 Å². The molecule has 2 heterocycles. The summed E-state index contributed by atoms with van der Waals surface area (Å²) < 4.78 is 5.46. The monoisotopic (exact) mass is 305 g/mol. The Balaban J connectivity index is 1.93. The lowest BCUT2D eigenvalue weighted by Gasteiger charge is -2.06. The molecule has 0 radical (unpaired) electrons. The average Bonchev–Trinajstić information content (AvgIpc) is 2.84. The number of nitrogens with zero attached hydrogens (tertiary/aromatic N) is 2. The molecule has 2 rings (SSSR count). The summed E-state index contributed by atoms with van der Waals surface area (Å²) >= 11 is 1.53. The molecule has 21 heavy (non-hydrogen) atoms. The normalized spacial score (nSPS) is 10.6. The zero-order valence-corrected chi connectivity index (χ0v) is 13.3. The summed E-state index contributed by atoms with van der Waals surface area (Å²) in [6.07, 6.45) is 0.667. The van der Waals surface area contributed by atoms with Crippen LogP contribution < -0.4 is 5.32 Å². The van der Waals surface area contributed by atoms with Crippen molar-refractivity contribution in [2.75, 3.05) is 12.3 Å². The van der Waals surface area contributed by atoms with E-state index in [1.807, 2.05) is 32.9 Å². The number of rotatable bonds is 6. The van der Waals surface area contributed by atoms with Gasteiger partial charge < -0.3 is 9.73 Å². The molecular formula is C15H19N3O2S. The number of thioether (sulfide) groups is 1. The van der Waals surface area contributed by atoms with Gasteiger partial charge in [0.05, 0.1) is 0 Å². The van der Waals surface area contributed by atoms with Crippen molar-refractivity contribution < 1.29 is 9.21 Å². The van der Waals surface area contributed by atoms with E-state index in [1.54, 1.807) is 6.07 Å². The molecule has 0 saturated carbocycles. The maximum Gasteiger partial charge on any atom is 0.270 e.